The molecule has 24 heavy (non-hydrogen) atoms. The summed E-state index contributed by atoms with van der Waals surface area (Å²) in [6, 6.07) is 0. The average Bonchev–Trinajstić information content (AvgIpc) is 2.55. The highest BCUT2D eigenvalue weighted by Crippen LogP contribution is 2.45. The Morgan fingerprint density at radius 1 is 0.333 bits per heavy atom. The first-order chi connectivity index (χ1) is 11.1. The van der Waals surface area contributed by atoms with E-state index < -0.39 is 79.6 Å². The van der Waals surface area contributed by atoms with Gasteiger partial charge in [0.25, 0.3) is 0 Å². The van der Waals surface area contributed by atoms with Gasteiger partial charge in [-0.25, -0.2) is 30.7 Å². The number of aromatic hydroxyl groups is 2. The summed E-state index contributed by atoms with van der Waals surface area (Å²) in [7, 11) is 0. The van der Waals surface area contributed by atoms with Crippen molar-refractivity contribution in [2.75, 3.05) is 0 Å². The Balaban J connectivity index is 2.82. The van der Waals surface area contributed by atoms with E-state index in [4.69, 9.17) is 5.11 Å². The third kappa shape index (κ3) is 1.70. The van der Waals surface area contributed by atoms with Gasteiger partial charge in [-0.1, -0.05) is 0 Å². The van der Waals surface area contributed by atoms with Crippen molar-refractivity contribution in [3.8, 4) is 11.5 Å². The first kappa shape index (κ1) is 16.1. The minimum atomic E-state index is -2.50. The van der Waals surface area contributed by atoms with Crippen molar-refractivity contribution in [3.63, 3.8) is 0 Å². The van der Waals surface area contributed by atoms with Crippen LogP contribution < -0.4 is 0 Å². The molecule has 0 saturated carbocycles. The topological polar surface area (TPSA) is 40.5 Å². The Labute approximate surface area is 126 Å². The Bertz CT molecular complexity index is 896. The molecule has 0 heterocycles. The van der Waals surface area contributed by atoms with E-state index in [0.717, 1.165) is 0 Å². The highest BCUT2D eigenvalue weighted by atomic mass is 19.2. The SMILES string of the molecule is Oc1c(F)c(F)c2c(F)c3c(F)c(F)c(F)c(F)c3c(F)c2c1O. The van der Waals surface area contributed by atoms with E-state index in [9.17, 15) is 40.2 Å². The molecular weight excluding hydrogens is 352 g/mol. The molecule has 3 rings (SSSR count). The zero-order chi connectivity index (χ0) is 18.1. The summed E-state index contributed by atoms with van der Waals surface area (Å²) >= 11 is 0. The van der Waals surface area contributed by atoms with Crippen LogP contribution in [-0.2, 0) is 0 Å². The first-order valence-corrected chi connectivity index (χ1v) is 5.96. The maximum atomic E-state index is 14.3. The van der Waals surface area contributed by atoms with Crippen LogP contribution in [0.4, 0.5) is 35.1 Å². The largest absolute Gasteiger partial charge is 0.504 e. The number of halogens is 8. The molecule has 0 unspecified atom stereocenters. The Morgan fingerprint density at radius 3 is 1.12 bits per heavy atom. The number of benzene rings is 3. The van der Waals surface area contributed by atoms with Crippen molar-refractivity contribution in [2.45, 2.75) is 0 Å². The Kier molecular flexibility index (Phi) is 3.26. The van der Waals surface area contributed by atoms with E-state index in [-0.39, 0.29) is 0 Å². The zero-order valence-electron chi connectivity index (χ0n) is 10.9. The van der Waals surface area contributed by atoms with Crippen LogP contribution in [0.2, 0.25) is 0 Å². The van der Waals surface area contributed by atoms with E-state index >= 15 is 0 Å². The van der Waals surface area contributed by atoms with Crippen molar-refractivity contribution in [2.24, 2.45) is 0 Å². The van der Waals surface area contributed by atoms with Crippen LogP contribution in [0.15, 0.2) is 0 Å². The van der Waals surface area contributed by atoms with Gasteiger partial charge in [0, 0.05) is 0 Å². The second kappa shape index (κ2) is 4.86. The summed E-state index contributed by atoms with van der Waals surface area (Å²) in [4.78, 5) is 0. The smallest absolute Gasteiger partial charge is 0.205 e. The molecule has 10 heteroatoms. The molecule has 126 valence electrons. The van der Waals surface area contributed by atoms with Crippen LogP contribution in [-0.4, -0.2) is 10.2 Å². The molecule has 0 aliphatic rings. The molecule has 0 saturated heterocycles. The van der Waals surface area contributed by atoms with Gasteiger partial charge >= 0.3 is 0 Å². The lowest BCUT2D eigenvalue weighted by Gasteiger charge is -2.13. The van der Waals surface area contributed by atoms with Gasteiger partial charge in [0.05, 0.1) is 21.5 Å². The highest BCUT2D eigenvalue weighted by molar-refractivity contribution is 6.04. The summed E-state index contributed by atoms with van der Waals surface area (Å²) in [5.41, 5.74) is 0. The van der Waals surface area contributed by atoms with Gasteiger partial charge < -0.3 is 10.2 Å². The number of phenolic OH excluding ortho intramolecular Hbond substituents is 2. The van der Waals surface area contributed by atoms with Gasteiger partial charge in [0.1, 0.15) is 11.6 Å². The van der Waals surface area contributed by atoms with Gasteiger partial charge in [-0.2, -0.15) is 4.39 Å². The van der Waals surface area contributed by atoms with Gasteiger partial charge in [-0.05, 0) is 0 Å². The van der Waals surface area contributed by atoms with Crippen molar-refractivity contribution < 1.29 is 45.3 Å². The van der Waals surface area contributed by atoms with Gasteiger partial charge in [-0.3, -0.25) is 0 Å². The van der Waals surface area contributed by atoms with Crippen LogP contribution in [0.5, 0.6) is 11.5 Å². The fraction of sp³-hybridized carbons (Fsp3) is 0. The molecule has 2 N–H and O–H groups in total. The summed E-state index contributed by atoms with van der Waals surface area (Å²) < 4.78 is 110. The van der Waals surface area contributed by atoms with E-state index in [2.05, 4.69) is 0 Å². The van der Waals surface area contributed by atoms with Gasteiger partial charge in [0.2, 0.25) is 5.82 Å². The maximum absolute atomic E-state index is 14.3. The first-order valence-electron chi connectivity index (χ1n) is 5.96. The molecule has 3 aromatic rings. The molecule has 0 spiro atoms. The molecule has 0 aliphatic heterocycles. The lowest BCUT2D eigenvalue weighted by Crippen LogP contribution is -2.04. The van der Waals surface area contributed by atoms with E-state index in [1.165, 1.54) is 0 Å². The molecule has 0 amide bonds. The van der Waals surface area contributed by atoms with Crippen molar-refractivity contribution in [1.29, 1.82) is 0 Å². The van der Waals surface area contributed by atoms with Crippen LogP contribution in [0.25, 0.3) is 21.5 Å². The summed E-state index contributed by atoms with van der Waals surface area (Å²) in [6.45, 7) is 0. The summed E-state index contributed by atoms with van der Waals surface area (Å²) in [5, 5.41) is 11.7. The maximum Gasteiger partial charge on any atom is 0.205 e. The third-order valence-corrected chi connectivity index (χ3v) is 3.48. The number of rotatable bonds is 0. The minimum Gasteiger partial charge on any atom is -0.504 e. The van der Waals surface area contributed by atoms with Crippen molar-refractivity contribution in [1.82, 2.24) is 0 Å². The van der Waals surface area contributed by atoms with Crippen LogP contribution in [0.3, 0.4) is 0 Å². The van der Waals surface area contributed by atoms with E-state index in [0.29, 0.717) is 0 Å². The predicted octanol–water partition coefficient (Wildman–Crippen LogP) is 4.52. The molecule has 0 radical (unpaired) electrons. The second-order valence-corrected chi connectivity index (χ2v) is 4.71. The third-order valence-electron chi connectivity index (χ3n) is 3.48. The lowest BCUT2D eigenvalue weighted by atomic mass is 9.98. The molecule has 0 atom stereocenters. The molecule has 0 fully saturated rings. The lowest BCUT2D eigenvalue weighted by molar-refractivity contribution is 0.368. The zero-order valence-corrected chi connectivity index (χ0v) is 10.9. The Morgan fingerprint density at radius 2 is 0.667 bits per heavy atom. The van der Waals surface area contributed by atoms with Gasteiger partial charge in [-0.15, -0.1) is 0 Å². The number of fused-ring (bicyclic) bond motifs is 2. The van der Waals surface area contributed by atoms with Crippen LogP contribution in [0.1, 0.15) is 0 Å². The fourth-order valence-electron chi connectivity index (χ4n) is 2.38. The predicted molar refractivity (Wildman–Crippen MR) is 64.4 cm³/mol. The Hall–Kier alpha value is -2.78. The monoisotopic (exact) mass is 354 g/mol. The molecule has 0 bridgehead atoms. The average molecular weight is 354 g/mol. The minimum absolute atomic E-state index is 1.57. The van der Waals surface area contributed by atoms with Gasteiger partial charge in [0.15, 0.2) is 40.6 Å². The molecule has 0 aliphatic carbocycles. The normalized spacial score (nSPS) is 11.7. The number of phenols is 2. The van der Waals surface area contributed by atoms with E-state index in [1.54, 1.807) is 0 Å². The summed E-state index contributed by atoms with van der Waals surface area (Å²) in [6.07, 6.45) is 0. The summed E-state index contributed by atoms with van der Waals surface area (Å²) in [5.74, 6) is -22.0. The number of hydrogen-bond donors (Lipinski definition) is 2. The number of hydrogen-bond acceptors (Lipinski definition) is 2. The van der Waals surface area contributed by atoms with Crippen molar-refractivity contribution in [3.05, 3.63) is 46.5 Å². The molecule has 2 nitrogen and oxygen atoms in total. The quantitative estimate of drug-likeness (QED) is 0.205. The molecular formula is C14H2F8O2. The molecule has 0 aromatic heterocycles. The van der Waals surface area contributed by atoms with Crippen molar-refractivity contribution >= 4 is 21.5 Å². The highest BCUT2D eigenvalue weighted by Gasteiger charge is 2.32. The van der Waals surface area contributed by atoms with E-state index in [1.807, 2.05) is 0 Å². The van der Waals surface area contributed by atoms with Crippen LogP contribution >= 0.6 is 0 Å². The van der Waals surface area contributed by atoms with Crippen LogP contribution in [0, 0.1) is 46.5 Å². The second-order valence-electron chi connectivity index (χ2n) is 4.71. The standard InChI is InChI=1S/C14H2F8O2/c15-5-1-2(8(18)11(21)10(20)7(1)17)6(16)4-3(5)9(19)12(22)14(24)13(4)23/h23-24H. The molecule has 3 aromatic carbocycles. The fourth-order valence-corrected chi connectivity index (χ4v) is 2.38.